The topological polar surface area (TPSA) is 36.1 Å². The molecule has 0 aliphatic heterocycles. The van der Waals surface area contributed by atoms with Crippen molar-refractivity contribution in [3.05, 3.63) is 93.7 Å². The van der Waals surface area contributed by atoms with E-state index in [4.69, 9.17) is 35.4 Å². The number of hydrogen-bond donors (Lipinski definition) is 2. The molecule has 3 rings (SSSR count). The Morgan fingerprint density at radius 3 is 2.25 bits per heavy atom. The zero-order valence-corrected chi connectivity index (χ0v) is 17.7. The summed E-state index contributed by atoms with van der Waals surface area (Å²) in [7, 11) is 0. The number of hydrogen-bond acceptors (Lipinski definition) is 2. The molecule has 1 heterocycles. The minimum absolute atomic E-state index is 0.0626. The lowest BCUT2D eigenvalue weighted by molar-refractivity contribution is -0.575. The van der Waals surface area contributed by atoms with Crippen LogP contribution in [0.2, 0.25) is 10.0 Å². The lowest BCUT2D eigenvalue weighted by Gasteiger charge is -2.14. The molecule has 0 spiro atoms. The summed E-state index contributed by atoms with van der Waals surface area (Å²) in [5, 5.41) is 15.2. The second kappa shape index (κ2) is 8.74. The van der Waals surface area contributed by atoms with Crippen LogP contribution in [-0.2, 0) is 0 Å². The van der Waals surface area contributed by atoms with Gasteiger partial charge in [-0.25, -0.2) is 0 Å². The van der Waals surface area contributed by atoms with Crippen molar-refractivity contribution in [3.63, 3.8) is 0 Å². The smallest absolute Gasteiger partial charge is 0.288 e. The fraction of sp³-hybridized carbons (Fsp3) is 0.0909. The van der Waals surface area contributed by atoms with Crippen molar-refractivity contribution < 1.29 is 9.67 Å². The molecule has 0 saturated carbocycles. The summed E-state index contributed by atoms with van der Waals surface area (Å²) in [5.74, 6) is -0.0626. The minimum Gasteiger partial charge on any atom is -0.502 e. The van der Waals surface area contributed by atoms with Gasteiger partial charge in [-0.3, -0.25) is 0 Å². The van der Waals surface area contributed by atoms with Gasteiger partial charge in [-0.1, -0.05) is 59.7 Å². The average Bonchev–Trinajstić information content (AvgIpc) is 2.67. The molecular formula is C22H19Cl2N2OS+. The number of nitrogens with zero attached hydrogens (tertiary/aromatic N) is 1. The van der Waals surface area contributed by atoms with E-state index in [-0.39, 0.29) is 5.76 Å². The van der Waals surface area contributed by atoms with Gasteiger partial charge < -0.3 is 10.4 Å². The summed E-state index contributed by atoms with van der Waals surface area (Å²) in [6, 6.07) is 16.5. The molecule has 6 heteroatoms. The molecule has 1 aromatic heterocycles. The zero-order chi connectivity index (χ0) is 20.3. The molecule has 2 aromatic carbocycles. The van der Waals surface area contributed by atoms with E-state index in [2.05, 4.69) is 5.32 Å². The van der Waals surface area contributed by atoms with Crippen molar-refractivity contribution in [2.45, 2.75) is 13.8 Å². The Kier molecular flexibility index (Phi) is 6.35. The Morgan fingerprint density at radius 1 is 0.964 bits per heavy atom. The van der Waals surface area contributed by atoms with E-state index in [0.717, 1.165) is 16.8 Å². The average molecular weight is 430 g/mol. The maximum atomic E-state index is 11.1. The number of para-hydroxylation sites is 1. The minimum atomic E-state index is -0.0626. The third-order valence-corrected chi connectivity index (χ3v) is 5.18. The third-order valence-electron chi connectivity index (χ3n) is 4.32. The summed E-state index contributed by atoms with van der Waals surface area (Å²) >= 11 is 18.1. The van der Waals surface area contributed by atoms with Crippen LogP contribution < -0.4 is 9.88 Å². The van der Waals surface area contributed by atoms with Crippen LogP contribution >= 0.6 is 35.4 Å². The van der Waals surface area contributed by atoms with Gasteiger partial charge in [0.2, 0.25) is 5.76 Å². The fourth-order valence-corrected chi connectivity index (χ4v) is 3.57. The number of pyridine rings is 1. The third kappa shape index (κ3) is 4.36. The molecule has 0 fully saturated rings. The molecule has 3 aromatic rings. The van der Waals surface area contributed by atoms with Gasteiger partial charge in [-0.05, 0) is 43.2 Å². The monoisotopic (exact) mass is 429 g/mol. The highest BCUT2D eigenvalue weighted by Crippen LogP contribution is 2.29. The molecule has 0 aliphatic carbocycles. The van der Waals surface area contributed by atoms with E-state index >= 15 is 0 Å². The molecule has 0 atom stereocenters. The van der Waals surface area contributed by atoms with Crippen LogP contribution in [0.3, 0.4) is 0 Å². The number of benzene rings is 2. The zero-order valence-electron chi connectivity index (χ0n) is 15.4. The first-order chi connectivity index (χ1) is 13.4. The molecule has 0 bridgehead atoms. The fourth-order valence-electron chi connectivity index (χ4n) is 2.89. The van der Waals surface area contributed by atoms with Gasteiger partial charge in [0, 0.05) is 28.4 Å². The number of thiocarbonyl (C=S) groups is 1. The quantitative estimate of drug-likeness (QED) is 0.223. The molecule has 28 heavy (non-hydrogen) atoms. The van der Waals surface area contributed by atoms with Gasteiger partial charge in [-0.15, -0.1) is 0 Å². The predicted molar refractivity (Wildman–Crippen MR) is 121 cm³/mol. The second-order valence-corrected chi connectivity index (χ2v) is 7.58. The summed E-state index contributed by atoms with van der Waals surface area (Å²) < 4.78 is 1.75. The Morgan fingerprint density at radius 2 is 1.61 bits per heavy atom. The van der Waals surface area contributed by atoms with E-state index in [9.17, 15) is 5.11 Å². The van der Waals surface area contributed by atoms with Crippen molar-refractivity contribution in [1.29, 1.82) is 0 Å². The van der Waals surface area contributed by atoms with Crippen LogP contribution in [-0.4, -0.2) is 10.1 Å². The first-order valence-corrected chi connectivity index (χ1v) is 9.78. The predicted octanol–water partition coefficient (Wildman–Crippen LogP) is 6.22. The molecule has 0 unspecified atom stereocenters. The van der Waals surface area contributed by atoms with Gasteiger partial charge in [0.05, 0.1) is 5.02 Å². The maximum absolute atomic E-state index is 11.1. The van der Waals surface area contributed by atoms with Crippen molar-refractivity contribution in [2.75, 3.05) is 5.32 Å². The standard InChI is InChI=1S/C22H18Cl2N2OS/c1-14-7-6-8-15(2)19(14)25-22(28)20(26-11-4-3-5-12-26)21(27)17-13-16(23)9-10-18(17)24/h3-13H,1-2H3,(H-,25,27,28)/p+1. The van der Waals surface area contributed by atoms with Crippen LogP contribution in [0.25, 0.3) is 11.5 Å². The number of rotatable bonds is 4. The first kappa shape index (κ1) is 20.3. The molecule has 0 saturated heterocycles. The van der Waals surface area contributed by atoms with Crippen LogP contribution in [0, 0.1) is 13.8 Å². The van der Waals surface area contributed by atoms with E-state index in [1.807, 2.05) is 62.6 Å². The van der Waals surface area contributed by atoms with E-state index in [0.29, 0.717) is 26.3 Å². The number of nitrogens with one attached hydrogen (secondary N) is 1. The van der Waals surface area contributed by atoms with Crippen molar-refractivity contribution >= 4 is 57.6 Å². The van der Waals surface area contributed by atoms with Crippen LogP contribution in [0.5, 0.6) is 0 Å². The van der Waals surface area contributed by atoms with Crippen molar-refractivity contribution in [2.24, 2.45) is 0 Å². The highest BCUT2D eigenvalue weighted by Gasteiger charge is 2.25. The van der Waals surface area contributed by atoms with E-state index in [1.165, 1.54) is 0 Å². The van der Waals surface area contributed by atoms with Crippen LogP contribution in [0.15, 0.2) is 67.0 Å². The van der Waals surface area contributed by atoms with E-state index < -0.39 is 0 Å². The SMILES string of the molecule is Cc1cccc(C)c1NC(=S)/C(=C(\O)c1cc(Cl)ccc1Cl)[n+]1ccccc1. The van der Waals surface area contributed by atoms with Gasteiger partial charge in [0.15, 0.2) is 17.4 Å². The van der Waals surface area contributed by atoms with Gasteiger partial charge in [0.1, 0.15) is 0 Å². The van der Waals surface area contributed by atoms with Gasteiger partial charge in [0.25, 0.3) is 5.70 Å². The normalized spacial score (nSPS) is 11.7. The molecule has 0 radical (unpaired) electrons. The molecule has 2 N–H and O–H groups in total. The molecule has 0 amide bonds. The van der Waals surface area contributed by atoms with Crippen molar-refractivity contribution in [3.8, 4) is 0 Å². The summed E-state index contributed by atoms with van der Waals surface area (Å²) in [6.45, 7) is 4.01. The summed E-state index contributed by atoms with van der Waals surface area (Å²) in [4.78, 5) is 0.363. The first-order valence-electron chi connectivity index (χ1n) is 8.61. The van der Waals surface area contributed by atoms with Gasteiger partial charge >= 0.3 is 0 Å². The van der Waals surface area contributed by atoms with Crippen LogP contribution in [0.1, 0.15) is 16.7 Å². The number of anilines is 1. The lowest BCUT2D eigenvalue weighted by Crippen LogP contribution is -2.38. The highest BCUT2D eigenvalue weighted by molar-refractivity contribution is 7.81. The number of aryl methyl sites for hydroxylation is 2. The van der Waals surface area contributed by atoms with Gasteiger partial charge in [-0.2, -0.15) is 4.57 Å². The second-order valence-electron chi connectivity index (χ2n) is 6.33. The summed E-state index contributed by atoms with van der Waals surface area (Å²) in [6.07, 6.45) is 3.62. The Hall–Kier alpha value is -2.40. The maximum Gasteiger partial charge on any atom is 0.288 e. The highest BCUT2D eigenvalue weighted by atomic mass is 35.5. The Bertz CT molecular complexity index is 1050. The van der Waals surface area contributed by atoms with Crippen molar-refractivity contribution in [1.82, 2.24) is 0 Å². The molecule has 142 valence electrons. The lowest BCUT2D eigenvalue weighted by atomic mass is 10.1. The number of aliphatic hydroxyl groups is 1. The summed E-state index contributed by atoms with van der Waals surface area (Å²) in [5.41, 5.74) is 3.83. The Labute approximate surface area is 179 Å². The van der Waals surface area contributed by atoms with E-state index in [1.54, 1.807) is 22.8 Å². The molecule has 0 aliphatic rings. The molecule has 3 nitrogen and oxygen atoms in total. The number of halogens is 2. The van der Waals surface area contributed by atoms with Crippen LogP contribution in [0.4, 0.5) is 5.69 Å². The largest absolute Gasteiger partial charge is 0.502 e. The number of aromatic nitrogens is 1. The number of aliphatic hydroxyl groups excluding tert-OH is 1. The Balaban J connectivity index is 2.15. The molecular weight excluding hydrogens is 411 g/mol.